The van der Waals surface area contributed by atoms with Crippen LogP contribution in [-0.4, -0.2) is 36.4 Å². The first-order valence-corrected chi connectivity index (χ1v) is 13.2. The first kappa shape index (κ1) is 28.0. The maximum Gasteiger partial charge on any atom is 0.261 e. The second kappa shape index (κ2) is 13.1. The molecule has 36 heavy (non-hydrogen) atoms. The maximum atomic E-state index is 13.6. The van der Waals surface area contributed by atoms with E-state index in [-0.39, 0.29) is 25.0 Å². The number of ether oxygens (including phenoxy) is 1. The molecule has 0 aliphatic carbocycles. The van der Waals surface area contributed by atoms with Gasteiger partial charge in [-0.2, -0.15) is 0 Å². The van der Waals surface area contributed by atoms with Crippen molar-refractivity contribution in [2.45, 2.75) is 38.8 Å². The van der Waals surface area contributed by atoms with Gasteiger partial charge in [0.05, 0.1) is 14.5 Å². The van der Waals surface area contributed by atoms with E-state index >= 15 is 0 Å². The number of likely N-dealkylation sites (N-methyl/N-ethyl adjacent to an activating group) is 1. The molecule has 0 aliphatic heterocycles. The van der Waals surface area contributed by atoms with Gasteiger partial charge < -0.3 is 15.0 Å². The van der Waals surface area contributed by atoms with Crippen molar-refractivity contribution in [2.24, 2.45) is 0 Å². The third kappa shape index (κ3) is 7.48. The Morgan fingerprint density at radius 2 is 1.69 bits per heavy atom. The van der Waals surface area contributed by atoms with Gasteiger partial charge in [-0.3, -0.25) is 9.59 Å². The smallest absolute Gasteiger partial charge is 0.261 e. The molecule has 0 saturated heterocycles. The molecule has 3 rings (SSSR count). The molecule has 1 unspecified atom stereocenters. The summed E-state index contributed by atoms with van der Waals surface area (Å²) in [5.41, 5.74) is 2.84. The standard InChI is InChI=1S/C28H29BrCl2N2O3/c1-18(2)21-10-12-26(22(29)15-21)36-17-27(34)33(16-20-9-11-23(30)24(31)13-20)25(28(35)32-3)14-19-7-5-4-6-8-19/h4-13,15,18,25H,14,16-17H2,1-3H3,(H,32,35). The van der Waals surface area contributed by atoms with Gasteiger partial charge in [-0.05, 0) is 62.8 Å². The predicted molar refractivity (Wildman–Crippen MR) is 149 cm³/mol. The third-order valence-corrected chi connectivity index (χ3v) is 7.19. The number of nitrogens with zero attached hydrogens (tertiary/aromatic N) is 1. The van der Waals surface area contributed by atoms with E-state index in [1.807, 2.05) is 48.5 Å². The second-order valence-corrected chi connectivity index (χ2v) is 10.4. The maximum absolute atomic E-state index is 13.6. The Balaban J connectivity index is 1.89. The van der Waals surface area contributed by atoms with E-state index in [0.29, 0.717) is 28.1 Å². The van der Waals surface area contributed by atoms with Crippen molar-refractivity contribution in [1.29, 1.82) is 0 Å². The average molecular weight is 592 g/mol. The molecule has 2 amide bonds. The number of nitrogens with one attached hydrogen (secondary N) is 1. The van der Waals surface area contributed by atoms with Crippen LogP contribution in [0.25, 0.3) is 0 Å². The first-order valence-electron chi connectivity index (χ1n) is 11.6. The minimum Gasteiger partial charge on any atom is -0.483 e. The molecule has 0 aromatic heterocycles. The lowest BCUT2D eigenvalue weighted by atomic mass is 10.0. The summed E-state index contributed by atoms with van der Waals surface area (Å²) < 4.78 is 6.66. The topological polar surface area (TPSA) is 58.6 Å². The molecule has 0 spiro atoms. The number of carbonyl (C=O) groups excluding carboxylic acids is 2. The zero-order valence-corrected chi connectivity index (χ0v) is 23.5. The van der Waals surface area contributed by atoms with Crippen molar-refractivity contribution in [3.63, 3.8) is 0 Å². The number of rotatable bonds is 10. The van der Waals surface area contributed by atoms with Crippen LogP contribution >= 0.6 is 39.1 Å². The molecule has 0 saturated carbocycles. The van der Waals surface area contributed by atoms with Crippen molar-refractivity contribution in [1.82, 2.24) is 10.2 Å². The SMILES string of the molecule is CNC(=O)C(Cc1ccccc1)N(Cc1ccc(Cl)c(Cl)c1)C(=O)COc1ccc(C(C)C)cc1Br. The molecule has 190 valence electrons. The van der Waals surface area contributed by atoms with Gasteiger partial charge in [-0.25, -0.2) is 0 Å². The van der Waals surface area contributed by atoms with Gasteiger partial charge in [0.2, 0.25) is 5.91 Å². The van der Waals surface area contributed by atoms with Crippen LogP contribution in [0.3, 0.4) is 0 Å². The summed E-state index contributed by atoms with van der Waals surface area (Å²) in [4.78, 5) is 28.1. The van der Waals surface area contributed by atoms with E-state index < -0.39 is 6.04 Å². The summed E-state index contributed by atoms with van der Waals surface area (Å²) >= 11 is 15.8. The van der Waals surface area contributed by atoms with Crippen LogP contribution in [0.5, 0.6) is 5.75 Å². The molecule has 8 heteroatoms. The molecular formula is C28H29BrCl2N2O3. The molecule has 3 aromatic carbocycles. The van der Waals surface area contributed by atoms with Crippen molar-refractivity contribution < 1.29 is 14.3 Å². The van der Waals surface area contributed by atoms with Crippen LogP contribution in [0.4, 0.5) is 0 Å². The quantitative estimate of drug-likeness (QED) is 0.287. The monoisotopic (exact) mass is 590 g/mol. The van der Waals surface area contributed by atoms with Gasteiger partial charge in [0.15, 0.2) is 6.61 Å². The Morgan fingerprint density at radius 1 is 0.972 bits per heavy atom. The molecule has 3 aromatic rings. The average Bonchev–Trinajstić information content (AvgIpc) is 2.87. The Bertz CT molecular complexity index is 1200. The van der Waals surface area contributed by atoms with Gasteiger partial charge in [0.25, 0.3) is 5.91 Å². The van der Waals surface area contributed by atoms with E-state index in [1.165, 1.54) is 4.90 Å². The molecule has 0 fully saturated rings. The minimum atomic E-state index is -0.755. The van der Waals surface area contributed by atoms with E-state index in [9.17, 15) is 9.59 Å². The number of benzene rings is 3. The largest absolute Gasteiger partial charge is 0.483 e. The van der Waals surface area contributed by atoms with Crippen molar-refractivity contribution >= 4 is 50.9 Å². The summed E-state index contributed by atoms with van der Waals surface area (Å²) in [7, 11) is 1.56. The third-order valence-electron chi connectivity index (χ3n) is 5.83. The van der Waals surface area contributed by atoms with Crippen LogP contribution in [0.15, 0.2) is 71.2 Å². The van der Waals surface area contributed by atoms with E-state index in [4.69, 9.17) is 27.9 Å². The van der Waals surface area contributed by atoms with Crippen LogP contribution < -0.4 is 10.1 Å². The normalized spacial score (nSPS) is 11.8. The lowest BCUT2D eigenvalue weighted by Gasteiger charge is -2.31. The minimum absolute atomic E-state index is 0.164. The number of hydrogen-bond acceptors (Lipinski definition) is 3. The molecule has 5 nitrogen and oxygen atoms in total. The Hall–Kier alpha value is -2.54. The fourth-order valence-electron chi connectivity index (χ4n) is 3.77. The number of halogens is 3. The van der Waals surface area contributed by atoms with Crippen molar-refractivity contribution in [2.75, 3.05) is 13.7 Å². The Kier molecular flexibility index (Phi) is 10.2. The fraction of sp³-hybridized carbons (Fsp3) is 0.286. The first-order chi connectivity index (χ1) is 17.2. The summed E-state index contributed by atoms with van der Waals surface area (Å²) in [6.45, 7) is 4.15. The molecule has 0 heterocycles. The zero-order valence-electron chi connectivity index (χ0n) is 20.4. The summed E-state index contributed by atoms with van der Waals surface area (Å²) in [6, 6.07) is 19.8. The highest BCUT2D eigenvalue weighted by atomic mass is 79.9. The van der Waals surface area contributed by atoms with Crippen LogP contribution in [-0.2, 0) is 22.6 Å². The molecule has 0 radical (unpaired) electrons. The Morgan fingerprint density at radius 3 is 2.31 bits per heavy atom. The van der Waals surface area contributed by atoms with Crippen molar-refractivity contribution in [3.8, 4) is 5.75 Å². The van der Waals surface area contributed by atoms with Crippen molar-refractivity contribution in [3.05, 3.63) is 97.9 Å². The highest BCUT2D eigenvalue weighted by Gasteiger charge is 2.30. The van der Waals surface area contributed by atoms with Crippen LogP contribution in [0.1, 0.15) is 36.5 Å². The summed E-state index contributed by atoms with van der Waals surface area (Å²) in [6.07, 6.45) is 0.348. The van der Waals surface area contributed by atoms with Gasteiger partial charge in [0, 0.05) is 20.0 Å². The second-order valence-electron chi connectivity index (χ2n) is 8.72. The summed E-state index contributed by atoms with van der Waals surface area (Å²) in [5, 5.41) is 3.50. The molecule has 1 atom stereocenters. The van der Waals surface area contributed by atoms with Gasteiger partial charge in [-0.15, -0.1) is 0 Å². The molecular weight excluding hydrogens is 563 g/mol. The lowest BCUT2D eigenvalue weighted by Crippen LogP contribution is -2.51. The predicted octanol–water partition coefficient (Wildman–Crippen LogP) is 6.64. The van der Waals surface area contributed by atoms with Crippen LogP contribution in [0, 0.1) is 0 Å². The van der Waals surface area contributed by atoms with Gasteiger partial charge in [-0.1, -0.05) is 79.5 Å². The molecule has 0 bridgehead atoms. The number of amides is 2. The molecule has 1 N–H and O–H groups in total. The van der Waals surface area contributed by atoms with Gasteiger partial charge in [0.1, 0.15) is 11.8 Å². The number of hydrogen-bond donors (Lipinski definition) is 1. The summed E-state index contributed by atoms with van der Waals surface area (Å²) in [5.74, 6) is 0.326. The van der Waals surface area contributed by atoms with E-state index in [1.54, 1.807) is 25.2 Å². The van der Waals surface area contributed by atoms with Gasteiger partial charge >= 0.3 is 0 Å². The van der Waals surface area contributed by atoms with Crippen LogP contribution in [0.2, 0.25) is 10.0 Å². The fourth-order valence-corrected chi connectivity index (χ4v) is 4.60. The number of carbonyl (C=O) groups is 2. The highest BCUT2D eigenvalue weighted by Crippen LogP contribution is 2.29. The van der Waals surface area contributed by atoms with E-state index in [2.05, 4.69) is 35.1 Å². The zero-order chi connectivity index (χ0) is 26.2. The highest BCUT2D eigenvalue weighted by molar-refractivity contribution is 9.10. The lowest BCUT2D eigenvalue weighted by molar-refractivity contribution is -0.142. The Labute approximate surface area is 230 Å². The van der Waals surface area contributed by atoms with E-state index in [0.717, 1.165) is 21.2 Å². The molecule has 0 aliphatic rings.